The molecule has 4 N–H and O–H groups in total. The Labute approximate surface area is 154 Å². The number of hydrogen-bond donors (Lipinski definition) is 3. The summed E-state index contributed by atoms with van der Waals surface area (Å²) in [6.45, 7) is -0.511. The van der Waals surface area contributed by atoms with Crippen LogP contribution < -0.4 is 10.5 Å². The average Bonchev–Trinajstić information content (AvgIpc) is 2.69. The lowest BCUT2D eigenvalue weighted by Crippen LogP contribution is -2.11. The number of aliphatic hydroxyl groups is 2. The number of hydrogen-bond acceptors (Lipinski definition) is 5. The van der Waals surface area contributed by atoms with E-state index in [1.54, 1.807) is 18.2 Å². The van der Waals surface area contributed by atoms with Crippen LogP contribution in [0, 0.1) is 5.82 Å². The quantitative estimate of drug-likeness (QED) is 0.620. The number of nitrogens with zero attached hydrogens (tertiary/aromatic N) is 1. The molecular formula is C20H17FN2O4. The van der Waals surface area contributed by atoms with Crippen molar-refractivity contribution in [3.05, 3.63) is 77.7 Å². The van der Waals surface area contributed by atoms with Gasteiger partial charge in [0.2, 0.25) is 5.91 Å². The first-order valence-electron chi connectivity index (χ1n) is 8.10. The molecule has 6 nitrogen and oxygen atoms in total. The van der Waals surface area contributed by atoms with E-state index in [0.29, 0.717) is 28.3 Å². The Morgan fingerprint density at radius 1 is 1.11 bits per heavy atom. The molecule has 0 saturated carbocycles. The molecule has 0 bridgehead atoms. The van der Waals surface area contributed by atoms with E-state index in [9.17, 15) is 19.4 Å². The van der Waals surface area contributed by atoms with Gasteiger partial charge in [-0.2, -0.15) is 0 Å². The lowest BCUT2D eigenvalue weighted by Gasteiger charge is -2.16. The van der Waals surface area contributed by atoms with Gasteiger partial charge in [-0.05, 0) is 60.2 Å². The Hall–Kier alpha value is -3.29. The van der Waals surface area contributed by atoms with Crippen molar-refractivity contribution in [2.75, 3.05) is 6.61 Å². The number of carbonyl (C=O) groups is 1. The number of amides is 1. The van der Waals surface area contributed by atoms with Gasteiger partial charge >= 0.3 is 0 Å². The van der Waals surface area contributed by atoms with Crippen LogP contribution in [0.1, 0.15) is 22.0 Å². The number of benzene rings is 2. The molecule has 0 aliphatic carbocycles. The van der Waals surface area contributed by atoms with Gasteiger partial charge in [-0.25, -0.2) is 4.39 Å². The van der Waals surface area contributed by atoms with Crippen LogP contribution in [0.2, 0.25) is 0 Å². The highest BCUT2D eigenvalue weighted by atomic mass is 19.1. The van der Waals surface area contributed by atoms with Crippen LogP contribution in [0.4, 0.5) is 4.39 Å². The molecule has 3 aromatic rings. The molecule has 0 aliphatic rings. The zero-order chi connectivity index (χ0) is 19.4. The normalized spacial score (nSPS) is 11.8. The summed E-state index contributed by atoms with van der Waals surface area (Å²) in [5.74, 6) is -0.171. The van der Waals surface area contributed by atoms with Gasteiger partial charge in [-0.3, -0.25) is 9.78 Å². The lowest BCUT2D eigenvalue weighted by molar-refractivity contribution is 0.0958. The van der Waals surface area contributed by atoms with Gasteiger partial charge in [0.1, 0.15) is 23.4 Å². The second-order valence-electron chi connectivity index (χ2n) is 5.80. The minimum Gasteiger partial charge on any atom is -0.457 e. The SMILES string of the molecule is NC(=O)c1ccnc(-c2ccc(Oc3ccc(F)cc3)cc2[C@H](O)CO)c1. The van der Waals surface area contributed by atoms with Crippen molar-refractivity contribution >= 4 is 5.91 Å². The third-order valence-corrected chi connectivity index (χ3v) is 3.92. The summed E-state index contributed by atoms with van der Waals surface area (Å²) >= 11 is 0. The molecule has 7 heteroatoms. The number of aliphatic hydroxyl groups excluding tert-OH is 2. The second kappa shape index (κ2) is 7.94. The number of pyridine rings is 1. The molecule has 0 fully saturated rings. The minimum atomic E-state index is -1.18. The van der Waals surface area contributed by atoms with Crippen molar-refractivity contribution in [1.82, 2.24) is 4.98 Å². The van der Waals surface area contributed by atoms with Gasteiger partial charge in [-0.15, -0.1) is 0 Å². The van der Waals surface area contributed by atoms with E-state index in [2.05, 4.69) is 4.98 Å². The predicted molar refractivity (Wildman–Crippen MR) is 96.7 cm³/mol. The van der Waals surface area contributed by atoms with E-state index in [1.807, 2.05) is 0 Å². The fourth-order valence-corrected chi connectivity index (χ4v) is 2.58. The van der Waals surface area contributed by atoms with Crippen molar-refractivity contribution in [1.29, 1.82) is 0 Å². The van der Waals surface area contributed by atoms with Crippen LogP contribution in [0.5, 0.6) is 11.5 Å². The molecule has 2 aromatic carbocycles. The van der Waals surface area contributed by atoms with Crippen molar-refractivity contribution in [2.24, 2.45) is 5.73 Å². The molecule has 1 amide bonds. The molecular weight excluding hydrogens is 351 g/mol. The summed E-state index contributed by atoms with van der Waals surface area (Å²) in [6, 6.07) is 13.3. The topological polar surface area (TPSA) is 106 Å². The molecule has 0 aliphatic heterocycles. The summed E-state index contributed by atoms with van der Waals surface area (Å²) in [6.07, 6.45) is 0.254. The van der Waals surface area contributed by atoms with Gasteiger partial charge in [0.25, 0.3) is 0 Å². The first-order chi connectivity index (χ1) is 13.0. The van der Waals surface area contributed by atoms with Crippen LogP contribution in [0.25, 0.3) is 11.3 Å². The van der Waals surface area contributed by atoms with Gasteiger partial charge in [0.15, 0.2) is 0 Å². The molecule has 1 heterocycles. The van der Waals surface area contributed by atoms with Crippen LogP contribution in [-0.4, -0.2) is 27.7 Å². The van der Waals surface area contributed by atoms with Crippen molar-refractivity contribution in [3.63, 3.8) is 0 Å². The summed E-state index contributed by atoms with van der Waals surface area (Å²) < 4.78 is 18.7. The maximum Gasteiger partial charge on any atom is 0.248 e. The number of ether oxygens (including phenoxy) is 1. The largest absolute Gasteiger partial charge is 0.457 e. The number of primary amides is 1. The van der Waals surface area contributed by atoms with Gasteiger partial charge < -0.3 is 20.7 Å². The average molecular weight is 368 g/mol. The van der Waals surface area contributed by atoms with Crippen LogP contribution in [-0.2, 0) is 0 Å². The zero-order valence-electron chi connectivity index (χ0n) is 14.2. The van der Waals surface area contributed by atoms with Crippen LogP contribution in [0.15, 0.2) is 60.8 Å². The molecule has 0 spiro atoms. The van der Waals surface area contributed by atoms with E-state index in [0.717, 1.165) is 0 Å². The number of rotatable bonds is 6. The molecule has 1 atom stereocenters. The van der Waals surface area contributed by atoms with Gasteiger partial charge in [-0.1, -0.05) is 0 Å². The fourth-order valence-electron chi connectivity index (χ4n) is 2.58. The monoisotopic (exact) mass is 368 g/mol. The van der Waals surface area contributed by atoms with Gasteiger partial charge in [0, 0.05) is 17.3 Å². The van der Waals surface area contributed by atoms with E-state index in [4.69, 9.17) is 10.5 Å². The smallest absolute Gasteiger partial charge is 0.248 e. The molecule has 138 valence electrons. The van der Waals surface area contributed by atoms with E-state index >= 15 is 0 Å². The molecule has 27 heavy (non-hydrogen) atoms. The Balaban J connectivity index is 2.00. The predicted octanol–water partition coefficient (Wildman–Crippen LogP) is 2.80. The Morgan fingerprint density at radius 2 is 1.81 bits per heavy atom. The molecule has 0 saturated heterocycles. The summed E-state index contributed by atoms with van der Waals surface area (Å²) in [5, 5.41) is 19.6. The Kier molecular flexibility index (Phi) is 5.44. The Bertz CT molecular complexity index is 960. The molecule has 3 rings (SSSR count). The Morgan fingerprint density at radius 3 is 2.48 bits per heavy atom. The molecule has 0 unspecified atom stereocenters. The first-order valence-corrected chi connectivity index (χ1v) is 8.10. The van der Waals surface area contributed by atoms with Crippen molar-refractivity contribution in [3.8, 4) is 22.8 Å². The first kappa shape index (κ1) is 18.5. The summed E-state index contributed by atoms with van der Waals surface area (Å²) in [7, 11) is 0. The summed E-state index contributed by atoms with van der Waals surface area (Å²) in [5.41, 5.74) is 6.88. The third-order valence-electron chi connectivity index (χ3n) is 3.92. The van der Waals surface area contributed by atoms with Crippen molar-refractivity contribution in [2.45, 2.75) is 6.10 Å². The number of halogens is 1. The highest BCUT2D eigenvalue weighted by molar-refractivity contribution is 5.93. The van der Waals surface area contributed by atoms with Gasteiger partial charge in [0.05, 0.1) is 12.3 Å². The third kappa shape index (κ3) is 4.28. The number of carbonyl (C=O) groups excluding carboxylic acids is 1. The summed E-state index contributed by atoms with van der Waals surface area (Å²) in [4.78, 5) is 15.6. The number of nitrogens with two attached hydrogens (primary N) is 1. The minimum absolute atomic E-state index is 0.274. The fraction of sp³-hybridized carbons (Fsp3) is 0.100. The van der Waals surface area contributed by atoms with Crippen LogP contribution in [0.3, 0.4) is 0 Å². The second-order valence-corrected chi connectivity index (χ2v) is 5.80. The van der Waals surface area contributed by atoms with Crippen LogP contribution >= 0.6 is 0 Å². The molecule has 0 radical (unpaired) electrons. The zero-order valence-corrected chi connectivity index (χ0v) is 14.2. The highest BCUT2D eigenvalue weighted by Gasteiger charge is 2.16. The van der Waals surface area contributed by atoms with Crippen molar-refractivity contribution < 1.29 is 24.1 Å². The van der Waals surface area contributed by atoms with E-state index < -0.39 is 18.6 Å². The van der Waals surface area contributed by atoms with E-state index in [-0.39, 0.29) is 11.4 Å². The van der Waals surface area contributed by atoms with E-state index in [1.165, 1.54) is 42.6 Å². The maximum atomic E-state index is 13.0. The number of aromatic nitrogens is 1. The maximum absolute atomic E-state index is 13.0. The molecule has 1 aromatic heterocycles. The highest BCUT2D eigenvalue weighted by Crippen LogP contribution is 2.32. The standard InChI is InChI=1S/C20H17FN2O4/c21-13-1-3-14(4-2-13)27-15-5-6-16(17(10-15)19(25)11-24)18-9-12(20(22)26)7-8-23-18/h1-10,19,24-25H,11H2,(H2,22,26)/t19-/m1/s1. The lowest BCUT2D eigenvalue weighted by atomic mass is 9.98.